The van der Waals surface area contributed by atoms with Crippen LogP contribution in [0, 0.1) is 0 Å². The summed E-state index contributed by atoms with van der Waals surface area (Å²) < 4.78 is 5.28. The Hall–Kier alpha value is -8.14. The third-order valence-electron chi connectivity index (χ3n) is 14.6. The van der Waals surface area contributed by atoms with Crippen LogP contribution in [0.2, 0.25) is 0 Å². The molecule has 68 heavy (non-hydrogen) atoms. The Balaban J connectivity index is 1.14. The minimum atomic E-state index is 1.24. The van der Waals surface area contributed by atoms with E-state index in [1.807, 2.05) is 22.7 Å². The molecule has 0 saturated carbocycles. The zero-order valence-electron chi connectivity index (χ0n) is 36.8. The highest BCUT2D eigenvalue weighted by atomic mass is 32.1. The fourth-order valence-corrected chi connectivity index (χ4v) is 14.3. The molecule has 0 amide bonds. The molecule has 2 heterocycles. The van der Waals surface area contributed by atoms with Crippen molar-refractivity contribution in [2.75, 3.05) is 0 Å². The first-order valence-corrected chi connectivity index (χ1v) is 25.1. The lowest BCUT2D eigenvalue weighted by molar-refractivity contribution is 1.67. The highest BCUT2D eigenvalue weighted by Gasteiger charge is 2.26. The molecule has 13 aromatic carbocycles. The first kappa shape index (κ1) is 38.0. The molecular weight excluding hydrogens is 857 g/mol. The van der Waals surface area contributed by atoms with Crippen LogP contribution in [-0.2, 0) is 0 Å². The Morgan fingerprint density at radius 3 is 1.04 bits per heavy atom. The van der Waals surface area contributed by atoms with Crippen molar-refractivity contribution < 1.29 is 0 Å². The molecule has 15 aromatic rings. The van der Waals surface area contributed by atoms with Crippen molar-refractivity contribution >= 4 is 128 Å². The molecule has 0 atom stereocenters. The number of hydrogen-bond acceptors (Lipinski definition) is 2. The van der Waals surface area contributed by atoms with Crippen LogP contribution in [0.4, 0.5) is 0 Å². The van der Waals surface area contributed by atoms with Gasteiger partial charge in [0, 0.05) is 56.9 Å². The van der Waals surface area contributed by atoms with Gasteiger partial charge in [-0.15, -0.1) is 22.7 Å². The lowest BCUT2D eigenvalue weighted by atomic mass is 9.82. The van der Waals surface area contributed by atoms with Crippen LogP contribution in [0.15, 0.2) is 231 Å². The van der Waals surface area contributed by atoms with Gasteiger partial charge in [-0.3, -0.25) is 0 Å². The summed E-state index contributed by atoms with van der Waals surface area (Å²) in [6, 6.07) is 86.4. The van der Waals surface area contributed by atoms with Gasteiger partial charge in [0.05, 0.1) is 0 Å². The maximum Gasteiger partial charge on any atom is 0.0440 e. The lowest BCUT2D eigenvalue weighted by Gasteiger charge is -2.21. The van der Waals surface area contributed by atoms with Crippen molar-refractivity contribution in [1.82, 2.24) is 0 Å². The number of fused-ring (bicyclic) bond motifs is 14. The van der Waals surface area contributed by atoms with Gasteiger partial charge >= 0.3 is 0 Å². The van der Waals surface area contributed by atoms with Crippen LogP contribution in [0.5, 0.6) is 0 Å². The van der Waals surface area contributed by atoms with E-state index in [0.717, 1.165) is 0 Å². The number of thiophene rings is 2. The van der Waals surface area contributed by atoms with Gasteiger partial charge < -0.3 is 0 Å². The fraction of sp³-hybridized carbons (Fsp3) is 0. The molecule has 0 spiro atoms. The maximum absolute atomic E-state index is 2.57. The topological polar surface area (TPSA) is 0 Å². The summed E-state index contributed by atoms with van der Waals surface area (Å²) in [5, 5.41) is 20.6. The van der Waals surface area contributed by atoms with Crippen molar-refractivity contribution in [3.05, 3.63) is 231 Å². The van der Waals surface area contributed by atoms with E-state index in [2.05, 4.69) is 231 Å². The fourth-order valence-electron chi connectivity index (χ4n) is 11.9. The molecule has 0 nitrogen and oxygen atoms in total. The predicted octanol–water partition coefficient (Wildman–Crippen LogP) is 20.0. The quantitative estimate of drug-likeness (QED) is 0.154. The zero-order chi connectivity index (χ0) is 44.5. The second-order valence-electron chi connectivity index (χ2n) is 18.1. The van der Waals surface area contributed by atoms with Crippen LogP contribution in [-0.4, -0.2) is 0 Å². The lowest BCUT2D eigenvalue weighted by Crippen LogP contribution is -1.93. The van der Waals surface area contributed by atoms with Gasteiger partial charge in [0.25, 0.3) is 0 Å². The molecule has 2 heteroatoms. The van der Waals surface area contributed by atoms with Gasteiger partial charge in [-0.1, -0.05) is 206 Å². The Labute approximate surface area is 400 Å². The Morgan fingerprint density at radius 2 is 0.574 bits per heavy atom. The van der Waals surface area contributed by atoms with Crippen LogP contribution >= 0.6 is 22.7 Å². The molecule has 0 bridgehead atoms. The highest BCUT2D eigenvalue weighted by molar-refractivity contribution is 7.27. The largest absolute Gasteiger partial charge is 0.135 e. The van der Waals surface area contributed by atoms with Gasteiger partial charge in [-0.2, -0.15) is 0 Å². The molecule has 0 N–H and O–H groups in total. The standard InChI is InChI=1S/C66H38S2/c1-2-20-40(21-3-1)58-44-24-6-8-26-46(44)61(47-27-9-7-25-45(47)58)54-37-41-38-55(66-64(53-33-15-17-36-57(53)68-66)59(41)63-52-32-14-16-35-56(52)67-65(54)63)62-50-30-12-10-28-48(50)60(49-29-11-13-31-51(49)62)43-34-18-22-39-19-4-5-23-42(39)43/h1-38H. The molecule has 0 saturated heterocycles. The summed E-state index contributed by atoms with van der Waals surface area (Å²) in [5.74, 6) is 0. The summed E-state index contributed by atoms with van der Waals surface area (Å²) in [6.45, 7) is 0. The smallest absolute Gasteiger partial charge is 0.0440 e. The van der Waals surface area contributed by atoms with E-state index in [0.29, 0.717) is 0 Å². The third kappa shape index (κ3) is 5.36. The second kappa shape index (κ2) is 14.7. The van der Waals surface area contributed by atoms with Crippen molar-refractivity contribution in [2.45, 2.75) is 0 Å². The highest BCUT2D eigenvalue weighted by Crippen LogP contribution is 2.55. The predicted molar refractivity (Wildman–Crippen MR) is 299 cm³/mol. The first-order chi connectivity index (χ1) is 33.8. The Morgan fingerprint density at radius 1 is 0.221 bits per heavy atom. The molecule has 0 aliphatic carbocycles. The second-order valence-corrected chi connectivity index (χ2v) is 20.2. The van der Waals surface area contributed by atoms with Crippen molar-refractivity contribution in [2.24, 2.45) is 0 Å². The number of hydrogen-bond donors (Lipinski definition) is 0. The number of benzene rings is 13. The van der Waals surface area contributed by atoms with Gasteiger partial charge in [0.15, 0.2) is 0 Å². The minimum Gasteiger partial charge on any atom is -0.135 e. The van der Waals surface area contributed by atoms with E-state index < -0.39 is 0 Å². The average Bonchev–Trinajstić information content (AvgIpc) is 3.99. The van der Waals surface area contributed by atoms with Crippen LogP contribution < -0.4 is 0 Å². The van der Waals surface area contributed by atoms with Gasteiger partial charge in [0.1, 0.15) is 0 Å². The van der Waals surface area contributed by atoms with E-state index >= 15 is 0 Å². The summed E-state index contributed by atoms with van der Waals surface area (Å²) in [5.41, 5.74) is 10.2. The molecule has 0 unspecified atom stereocenters. The van der Waals surface area contributed by atoms with E-state index in [-0.39, 0.29) is 0 Å². The van der Waals surface area contributed by atoms with Gasteiger partial charge in [-0.25, -0.2) is 0 Å². The molecule has 15 rings (SSSR count). The molecule has 0 aliphatic rings. The third-order valence-corrected chi connectivity index (χ3v) is 17.0. The van der Waals surface area contributed by atoms with E-state index in [1.54, 1.807) is 0 Å². The molecule has 314 valence electrons. The minimum absolute atomic E-state index is 1.24. The van der Waals surface area contributed by atoms with Gasteiger partial charge in [-0.05, 0) is 117 Å². The van der Waals surface area contributed by atoms with E-state index in [4.69, 9.17) is 0 Å². The normalized spacial score (nSPS) is 12.1. The van der Waals surface area contributed by atoms with Crippen LogP contribution in [0.25, 0.3) is 149 Å². The molecule has 0 fully saturated rings. The molecule has 0 aliphatic heterocycles. The Bertz CT molecular complexity index is 4490. The summed E-state index contributed by atoms with van der Waals surface area (Å²) >= 11 is 3.88. The monoisotopic (exact) mass is 894 g/mol. The van der Waals surface area contributed by atoms with Crippen molar-refractivity contribution in [1.29, 1.82) is 0 Å². The first-order valence-electron chi connectivity index (χ1n) is 23.4. The van der Waals surface area contributed by atoms with Crippen molar-refractivity contribution in [3.63, 3.8) is 0 Å². The van der Waals surface area contributed by atoms with E-state index in [9.17, 15) is 0 Å². The molecule has 0 radical (unpaired) electrons. The maximum atomic E-state index is 2.57. The summed E-state index contributed by atoms with van der Waals surface area (Å²) in [4.78, 5) is 0. The van der Waals surface area contributed by atoms with Crippen LogP contribution in [0.3, 0.4) is 0 Å². The van der Waals surface area contributed by atoms with E-state index in [1.165, 1.54) is 149 Å². The summed E-state index contributed by atoms with van der Waals surface area (Å²) in [6.07, 6.45) is 0. The zero-order valence-corrected chi connectivity index (χ0v) is 38.4. The van der Waals surface area contributed by atoms with Crippen molar-refractivity contribution in [3.8, 4) is 44.5 Å². The Kier molecular flexibility index (Phi) is 8.21. The summed E-state index contributed by atoms with van der Waals surface area (Å²) in [7, 11) is 0. The average molecular weight is 895 g/mol. The molecular formula is C66H38S2. The SMILES string of the molecule is c1ccc(-c2c3ccccc3c(-c3cc4cc(-c5c6ccccc6c(-c6cccc7ccccc67)c6ccccc56)c5sc6ccccc6c5c4c4c3sc3ccccc34)c3ccccc23)cc1. The van der Waals surface area contributed by atoms with Gasteiger partial charge in [0.2, 0.25) is 0 Å². The van der Waals surface area contributed by atoms with Crippen LogP contribution in [0.1, 0.15) is 0 Å². The molecule has 2 aromatic heterocycles. The number of rotatable bonds is 4.